The van der Waals surface area contributed by atoms with Gasteiger partial charge >= 0.3 is 0 Å². The molecular formula is C28H31NO3. The van der Waals surface area contributed by atoms with Gasteiger partial charge < -0.3 is 14.4 Å². The van der Waals surface area contributed by atoms with Gasteiger partial charge in [0.1, 0.15) is 0 Å². The quantitative estimate of drug-likeness (QED) is 0.475. The maximum absolute atomic E-state index is 13.7. The van der Waals surface area contributed by atoms with Crippen molar-refractivity contribution in [3.8, 4) is 11.5 Å². The Hall–Kier alpha value is -3.27. The molecule has 0 aliphatic carbocycles. The summed E-state index contributed by atoms with van der Waals surface area (Å²) in [6, 6.07) is 24.3. The number of hydrogen-bond donors (Lipinski definition) is 0. The zero-order chi connectivity index (χ0) is 22.3. The van der Waals surface area contributed by atoms with Crippen molar-refractivity contribution in [3.05, 3.63) is 95.1 Å². The Kier molecular flexibility index (Phi) is 7.10. The summed E-state index contributed by atoms with van der Waals surface area (Å²) in [7, 11) is 0. The predicted octanol–water partition coefficient (Wildman–Crippen LogP) is 5.82. The molecule has 0 spiro atoms. The average molecular weight is 430 g/mol. The van der Waals surface area contributed by atoms with Crippen molar-refractivity contribution in [3.63, 3.8) is 0 Å². The molecule has 1 amide bonds. The first-order chi connectivity index (χ1) is 15.6. The Labute approximate surface area is 190 Å². The van der Waals surface area contributed by atoms with Crippen LogP contribution in [0.1, 0.15) is 46.8 Å². The molecule has 166 valence electrons. The van der Waals surface area contributed by atoms with Crippen molar-refractivity contribution < 1.29 is 14.3 Å². The van der Waals surface area contributed by atoms with E-state index in [1.807, 2.05) is 41.3 Å². The maximum Gasteiger partial charge on any atom is 0.254 e. The zero-order valence-corrected chi connectivity index (χ0v) is 18.9. The number of rotatable bonds is 7. The molecule has 1 atom stereocenters. The van der Waals surface area contributed by atoms with Crippen molar-refractivity contribution in [2.24, 2.45) is 0 Å². The smallest absolute Gasteiger partial charge is 0.254 e. The Morgan fingerprint density at radius 1 is 0.938 bits per heavy atom. The average Bonchev–Trinajstić information content (AvgIpc) is 3.07. The van der Waals surface area contributed by atoms with E-state index in [0.717, 1.165) is 19.3 Å². The molecule has 4 rings (SSSR count). The summed E-state index contributed by atoms with van der Waals surface area (Å²) < 4.78 is 11.6. The molecule has 1 aliphatic heterocycles. The van der Waals surface area contributed by atoms with Crippen molar-refractivity contribution in [2.75, 3.05) is 13.2 Å². The van der Waals surface area contributed by atoms with Crippen molar-refractivity contribution in [1.82, 2.24) is 4.90 Å². The molecule has 0 N–H and O–H groups in total. The molecule has 1 heterocycles. The van der Waals surface area contributed by atoms with E-state index < -0.39 is 0 Å². The van der Waals surface area contributed by atoms with Crippen LogP contribution in [0.5, 0.6) is 11.5 Å². The SMILES string of the molecule is Cc1ccccc1CN(C(=O)c1ccc2c(c1)OCCCO2)[C@@H](C)CCc1ccccc1. The van der Waals surface area contributed by atoms with Gasteiger partial charge in [-0.25, -0.2) is 0 Å². The largest absolute Gasteiger partial charge is 0.490 e. The Bertz CT molecular complexity index is 1050. The van der Waals surface area contributed by atoms with Gasteiger partial charge in [-0.15, -0.1) is 0 Å². The minimum atomic E-state index is 0.0180. The van der Waals surface area contributed by atoms with E-state index in [9.17, 15) is 4.79 Å². The molecule has 3 aromatic rings. The molecule has 0 saturated heterocycles. The lowest BCUT2D eigenvalue weighted by molar-refractivity contribution is 0.0666. The number of aryl methyl sites for hydroxylation is 2. The standard InChI is InChI=1S/C28H31NO3/c1-21-9-6-7-12-25(21)20-29(22(2)13-14-23-10-4-3-5-11-23)28(30)24-15-16-26-27(19-24)32-18-8-17-31-26/h3-7,9-12,15-16,19,22H,8,13-14,17-18,20H2,1-2H3/t22-/m0/s1. The predicted molar refractivity (Wildman–Crippen MR) is 127 cm³/mol. The van der Waals surface area contributed by atoms with Crippen LogP contribution in [-0.4, -0.2) is 30.1 Å². The van der Waals surface area contributed by atoms with Crippen LogP contribution in [0.15, 0.2) is 72.8 Å². The number of ether oxygens (including phenoxy) is 2. The third kappa shape index (κ3) is 5.31. The molecule has 0 bridgehead atoms. The summed E-state index contributed by atoms with van der Waals surface area (Å²) in [6.07, 6.45) is 2.67. The van der Waals surface area contributed by atoms with Crippen LogP contribution in [0.3, 0.4) is 0 Å². The number of fused-ring (bicyclic) bond motifs is 1. The molecule has 0 saturated carbocycles. The summed E-state index contributed by atoms with van der Waals surface area (Å²) in [5, 5.41) is 0. The molecule has 4 heteroatoms. The van der Waals surface area contributed by atoms with Crippen LogP contribution >= 0.6 is 0 Å². The highest BCUT2D eigenvalue weighted by Crippen LogP contribution is 2.31. The fourth-order valence-electron chi connectivity index (χ4n) is 4.04. The maximum atomic E-state index is 13.7. The second-order valence-electron chi connectivity index (χ2n) is 8.44. The molecular weight excluding hydrogens is 398 g/mol. The fraction of sp³-hybridized carbons (Fsp3) is 0.321. The Morgan fingerprint density at radius 3 is 2.44 bits per heavy atom. The van der Waals surface area contributed by atoms with Gasteiger partial charge in [0.2, 0.25) is 0 Å². The van der Waals surface area contributed by atoms with E-state index in [0.29, 0.717) is 36.8 Å². The van der Waals surface area contributed by atoms with Crippen LogP contribution in [0.25, 0.3) is 0 Å². The highest BCUT2D eigenvalue weighted by atomic mass is 16.5. The molecule has 4 nitrogen and oxygen atoms in total. The Morgan fingerprint density at radius 2 is 1.66 bits per heavy atom. The third-order valence-electron chi connectivity index (χ3n) is 6.08. The van der Waals surface area contributed by atoms with Crippen LogP contribution in [0, 0.1) is 6.92 Å². The second-order valence-corrected chi connectivity index (χ2v) is 8.44. The van der Waals surface area contributed by atoms with Gasteiger partial charge in [-0.05, 0) is 61.6 Å². The molecule has 32 heavy (non-hydrogen) atoms. The normalized spacial score (nSPS) is 13.8. The van der Waals surface area contributed by atoms with Crippen LogP contribution < -0.4 is 9.47 Å². The van der Waals surface area contributed by atoms with Crippen molar-refractivity contribution in [1.29, 1.82) is 0 Å². The molecule has 0 aromatic heterocycles. The number of hydrogen-bond acceptors (Lipinski definition) is 3. The molecule has 0 unspecified atom stereocenters. The van der Waals surface area contributed by atoms with E-state index >= 15 is 0 Å². The van der Waals surface area contributed by atoms with E-state index in [2.05, 4.69) is 50.2 Å². The fourth-order valence-corrected chi connectivity index (χ4v) is 4.04. The molecule has 1 aliphatic rings. The summed E-state index contributed by atoms with van der Waals surface area (Å²) in [6.45, 7) is 6.06. The van der Waals surface area contributed by atoms with Crippen LogP contribution in [-0.2, 0) is 13.0 Å². The highest BCUT2D eigenvalue weighted by Gasteiger charge is 2.24. The van der Waals surface area contributed by atoms with E-state index in [4.69, 9.17) is 9.47 Å². The van der Waals surface area contributed by atoms with Crippen LogP contribution in [0.4, 0.5) is 0 Å². The highest BCUT2D eigenvalue weighted by molar-refractivity contribution is 5.95. The van der Waals surface area contributed by atoms with Gasteiger partial charge in [0.15, 0.2) is 11.5 Å². The number of carbonyl (C=O) groups is 1. The number of carbonyl (C=O) groups excluding carboxylic acids is 1. The van der Waals surface area contributed by atoms with Gasteiger partial charge in [-0.1, -0.05) is 54.6 Å². The summed E-state index contributed by atoms with van der Waals surface area (Å²) in [5.41, 5.74) is 4.29. The molecule has 0 fully saturated rings. The monoisotopic (exact) mass is 429 g/mol. The van der Waals surface area contributed by atoms with Crippen molar-refractivity contribution in [2.45, 2.75) is 45.7 Å². The van der Waals surface area contributed by atoms with Gasteiger partial charge in [0.05, 0.1) is 13.2 Å². The van der Waals surface area contributed by atoms with E-state index in [1.54, 1.807) is 0 Å². The second kappa shape index (κ2) is 10.4. The number of benzene rings is 3. The van der Waals surface area contributed by atoms with Gasteiger partial charge in [-0.3, -0.25) is 4.79 Å². The minimum Gasteiger partial charge on any atom is -0.490 e. The van der Waals surface area contributed by atoms with Gasteiger partial charge in [-0.2, -0.15) is 0 Å². The molecule has 0 radical (unpaired) electrons. The van der Waals surface area contributed by atoms with Gasteiger partial charge in [0.25, 0.3) is 5.91 Å². The first-order valence-corrected chi connectivity index (χ1v) is 11.4. The topological polar surface area (TPSA) is 38.8 Å². The molecule has 3 aromatic carbocycles. The number of amides is 1. The first kappa shape index (κ1) is 21.9. The third-order valence-corrected chi connectivity index (χ3v) is 6.08. The van der Waals surface area contributed by atoms with E-state index in [-0.39, 0.29) is 11.9 Å². The van der Waals surface area contributed by atoms with Gasteiger partial charge in [0, 0.05) is 24.6 Å². The Balaban J connectivity index is 1.58. The first-order valence-electron chi connectivity index (χ1n) is 11.4. The summed E-state index contributed by atoms with van der Waals surface area (Å²) in [5.74, 6) is 1.38. The minimum absolute atomic E-state index is 0.0180. The number of nitrogens with zero attached hydrogens (tertiary/aromatic N) is 1. The van der Waals surface area contributed by atoms with Crippen molar-refractivity contribution >= 4 is 5.91 Å². The van der Waals surface area contributed by atoms with E-state index in [1.165, 1.54) is 16.7 Å². The lowest BCUT2D eigenvalue weighted by Gasteiger charge is -2.30. The summed E-state index contributed by atoms with van der Waals surface area (Å²) >= 11 is 0. The summed E-state index contributed by atoms with van der Waals surface area (Å²) in [4.78, 5) is 15.7. The van der Waals surface area contributed by atoms with Crippen LogP contribution in [0.2, 0.25) is 0 Å². The lowest BCUT2D eigenvalue weighted by Crippen LogP contribution is -2.38. The lowest BCUT2D eigenvalue weighted by atomic mass is 10.0. The zero-order valence-electron chi connectivity index (χ0n) is 18.9.